The predicted octanol–water partition coefficient (Wildman–Crippen LogP) is 4.73. The average molecular weight is 347 g/mol. The van der Waals surface area contributed by atoms with Crippen LogP contribution < -0.4 is 4.74 Å². The lowest BCUT2D eigenvalue weighted by atomic mass is 10.2. The molecule has 2 aromatic carbocycles. The van der Waals surface area contributed by atoms with Gasteiger partial charge in [-0.1, -0.05) is 35.5 Å². The van der Waals surface area contributed by atoms with Crippen LogP contribution in [0.2, 0.25) is 5.02 Å². The molecule has 0 aliphatic rings. The first-order valence-electron chi connectivity index (χ1n) is 7.10. The van der Waals surface area contributed by atoms with Crippen LogP contribution >= 0.6 is 23.4 Å². The van der Waals surface area contributed by atoms with Crippen LogP contribution in [0.3, 0.4) is 0 Å². The van der Waals surface area contributed by atoms with Gasteiger partial charge in [-0.15, -0.1) is 10.2 Å². The topological polar surface area (TPSA) is 48.2 Å². The number of benzene rings is 2. The van der Waals surface area contributed by atoms with Gasteiger partial charge < -0.3 is 9.15 Å². The number of aryl methyl sites for hydroxylation is 1. The van der Waals surface area contributed by atoms with Crippen molar-refractivity contribution in [3.05, 3.63) is 59.1 Å². The van der Waals surface area contributed by atoms with Crippen LogP contribution in [0.25, 0.3) is 11.5 Å². The maximum atomic E-state index is 5.87. The fraction of sp³-hybridized carbons (Fsp3) is 0.176. The highest BCUT2D eigenvalue weighted by molar-refractivity contribution is 7.99. The molecule has 0 unspecified atom stereocenters. The van der Waals surface area contributed by atoms with E-state index in [0.717, 1.165) is 23.5 Å². The van der Waals surface area contributed by atoms with Crippen molar-refractivity contribution < 1.29 is 9.15 Å². The Balaban J connectivity index is 1.55. The first-order chi connectivity index (χ1) is 11.2. The number of ether oxygens (including phenoxy) is 1. The number of nitrogens with zero attached hydrogens (tertiary/aromatic N) is 2. The fourth-order valence-corrected chi connectivity index (χ4v) is 2.90. The minimum atomic E-state index is 0.508. The third-order valence-corrected chi connectivity index (χ3v) is 4.35. The van der Waals surface area contributed by atoms with Gasteiger partial charge in [-0.05, 0) is 48.4 Å². The summed E-state index contributed by atoms with van der Waals surface area (Å²) >= 11 is 7.42. The minimum absolute atomic E-state index is 0.508. The van der Waals surface area contributed by atoms with E-state index in [1.807, 2.05) is 24.3 Å². The zero-order valence-electron chi connectivity index (χ0n) is 12.5. The van der Waals surface area contributed by atoms with Gasteiger partial charge in [0.15, 0.2) is 0 Å². The molecule has 0 N–H and O–H groups in total. The summed E-state index contributed by atoms with van der Waals surface area (Å²) < 4.78 is 10.8. The second kappa shape index (κ2) is 7.53. The molecule has 23 heavy (non-hydrogen) atoms. The number of aromatic nitrogens is 2. The number of halogens is 1. The Kier molecular flexibility index (Phi) is 5.20. The lowest BCUT2D eigenvalue weighted by Crippen LogP contribution is -1.89. The first-order valence-corrected chi connectivity index (χ1v) is 8.46. The van der Waals surface area contributed by atoms with Crippen LogP contribution in [0.4, 0.5) is 0 Å². The fourth-order valence-electron chi connectivity index (χ4n) is 2.03. The molecule has 0 bridgehead atoms. The van der Waals surface area contributed by atoms with Crippen molar-refractivity contribution in [1.82, 2.24) is 10.2 Å². The van der Waals surface area contributed by atoms with Gasteiger partial charge in [0.05, 0.1) is 7.11 Å². The molecule has 4 nitrogen and oxygen atoms in total. The number of thioether (sulfide) groups is 1. The van der Waals surface area contributed by atoms with Crippen molar-refractivity contribution >= 4 is 23.4 Å². The molecule has 0 fully saturated rings. The smallest absolute Gasteiger partial charge is 0.276 e. The van der Waals surface area contributed by atoms with E-state index in [9.17, 15) is 0 Å². The lowest BCUT2D eigenvalue weighted by molar-refractivity contribution is 0.414. The van der Waals surface area contributed by atoms with Crippen LogP contribution in [0.5, 0.6) is 5.75 Å². The van der Waals surface area contributed by atoms with Gasteiger partial charge in [-0.25, -0.2) is 0 Å². The van der Waals surface area contributed by atoms with Crippen molar-refractivity contribution in [3.8, 4) is 17.2 Å². The Morgan fingerprint density at radius 2 is 1.78 bits per heavy atom. The summed E-state index contributed by atoms with van der Waals surface area (Å²) in [5.74, 6) is 2.24. The standard InChI is InChI=1S/C17H15ClN2O2S/c1-21-15-8-2-12(3-9-15)10-11-23-17-20-19-16(22-17)13-4-6-14(18)7-5-13/h2-9H,10-11H2,1H3. The van der Waals surface area contributed by atoms with Gasteiger partial charge in [-0.3, -0.25) is 0 Å². The molecule has 1 aromatic heterocycles. The Labute approximate surface area is 143 Å². The first kappa shape index (κ1) is 15.9. The summed E-state index contributed by atoms with van der Waals surface area (Å²) in [6.45, 7) is 0. The third-order valence-electron chi connectivity index (χ3n) is 3.27. The minimum Gasteiger partial charge on any atom is -0.497 e. The maximum absolute atomic E-state index is 5.87. The molecule has 1 heterocycles. The van der Waals surface area contributed by atoms with E-state index in [0.29, 0.717) is 16.1 Å². The molecule has 3 aromatic rings. The molecule has 0 radical (unpaired) electrons. The van der Waals surface area contributed by atoms with E-state index in [1.54, 1.807) is 31.0 Å². The second-order valence-electron chi connectivity index (χ2n) is 4.83. The zero-order valence-corrected chi connectivity index (χ0v) is 14.1. The molecular formula is C17H15ClN2O2S. The molecule has 0 aliphatic heterocycles. The number of rotatable bonds is 6. The van der Waals surface area contributed by atoms with Gasteiger partial charge in [0.2, 0.25) is 5.89 Å². The molecule has 0 saturated heterocycles. The second-order valence-corrected chi connectivity index (χ2v) is 6.31. The van der Waals surface area contributed by atoms with Crippen LogP contribution in [0.1, 0.15) is 5.56 Å². The van der Waals surface area contributed by atoms with Gasteiger partial charge in [0.25, 0.3) is 5.22 Å². The Bertz CT molecular complexity index is 757. The molecule has 0 spiro atoms. The maximum Gasteiger partial charge on any atom is 0.276 e. The largest absolute Gasteiger partial charge is 0.497 e. The highest BCUT2D eigenvalue weighted by Gasteiger charge is 2.09. The summed E-state index contributed by atoms with van der Waals surface area (Å²) in [5, 5.41) is 9.39. The number of hydrogen-bond acceptors (Lipinski definition) is 5. The molecule has 6 heteroatoms. The summed E-state index contributed by atoms with van der Waals surface area (Å²) in [6.07, 6.45) is 0.924. The van der Waals surface area contributed by atoms with Gasteiger partial charge in [0, 0.05) is 16.3 Å². The monoisotopic (exact) mass is 346 g/mol. The van der Waals surface area contributed by atoms with E-state index >= 15 is 0 Å². The van der Waals surface area contributed by atoms with Crippen LogP contribution in [0, 0.1) is 0 Å². The third kappa shape index (κ3) is 4.27. The molecule has 0 saturated carbocycles. The number of hydrogen-bond donors (Lipinski definition) is 0. The molecule has 118 valence electrons. The van der Waals surface area contributed by atoms with E-state index < -0.39 is 0 Å². The predicted molar refractivity (Wildman–Crippen MR) is 92.2 cm³/mol. The summed E-state index contributed by atoms with van der Waals surface area (Å²) in [4.78, 5) is 0. The van der Waals surface area contributed by atoms with Crippen molar-refractivity contribution in [2.45, 2.75) is 11.6 Å². The lowest BCUT2D eigenvalue weighted by Gasteiger charge is -2.02. The quantitative estimate of drug-likeness (QED) is 0.604. The molecule has 0 aliphatic carbocycles. The Hall–Kier alpha value is -1.98. The van der Waals surface area contributed by atoms with Crippen molar-refractivity contribution in [2.75, 3.05) is 12.9 Å². The normalized spacial score (nSPS) is 10.7. The van der Waals surface area contributed by atoms with Crippen LogP contribution in [-0.2, 0) is 6.42 Å². The van der Waals surface area contributed by atoms with E-state index in [2.05, 4.69) is 22.3 Å². The summed E-state index contributed by atoms with van der Waals surface area (Å²) in [5.41, 5.74) is 2.11. The van der Waals surface area contributed by atoms with Crippen molar-refractivity contribution in [3.63, 3.8) is 0 Å². The summed E-state index contributed by atoms with van der Waals surface area (Å²) in [6, 6.07) is 15.4. The van der Waals surface area contributed by atoms with Gasteiger partial charge in [0.1, 0.15) is 5.75 Å². The van der Waals surface area contributed by atoms with Gasteiger partial charge >= 0.3 is 0 Å². The molecule has 3 rings (SSSR count). The SMILES string of the molecule is COc1ccc(CCSc2nnc(-c3ccc(Cl)cc3)o2)cc1. The highest BCUT2D eigenvalue weighted by atomic mass is 35.5. The van der Waals surface area contributed by atoms with Crippen molar-refractivity contribution in [1.29, 1.82) is 0 Å². The highest BCUT2D eigenvalue weighted by Crippen LogP contribution is 2.25. The summed E-state index contributed by atoms with van der Waals surface area (Å²) in [7, 11) is 1.67. The molecular weight excluding hydrogens is 332 g/mol. The van der Waals surface area contributed by atoms with E-state index in [4.69, 9.17) is 20.8 Å². The van der Waals surface area contributed by atoms with Crippen LogP contribution in [-0.4, -0.2) is 23.1 Å². The Morgan fingerprint density at radius 1 is 1.04 bits per heavy atom. The molecule has 0 amide bonds. The van der Waals surface area contributed by atoms with Crippen LogP contribution in [0.15, 0.2) is 58.2 Å². The van der Waals surface area contributed by atoms with E-state index in [1.165, 1.54) is 5.56 Å². The zero-order chi connectivity index (χ0) is 16.1. The Morgan fingerprint density at radius 3 is 2.48 bits per heavy atom. The van der Waals surface area contributed by atoms with Gasteiger partial charge in [-0.2, -0.15) is 0 Å². The van der Waals surface area contributed by atoms with Crippen molar-refractivity contribution in [2.24, 2.45) is 0 Å². The molecule has 0 atom stereocenters. The van der Waals surface area contributed by atoms with E-state index in [-0.39, 0.29) is 0 Å². The number of methoxy groups -OCH3 is 1. The average Bonchev–Trinajstić information content (AvgIpc) is 3.05.